The lowest BCUT2D eigenvalue weighted by molar-refractivity contribution is -0.150. The summed E-state index contributed by atoms with van der Waals surface area (Å²) in [6, 6.07) is 0. The van der Waals surface area contributed by atoms with Gasteiger partial charge in [-0.2, -0.15) is 0 Å². The number of nitrogens with two attached hydrogens (primary N) is 1. The number of rotatable bonds is 36. The Kier molecular flexibility index (Phi) is 34.8. The largest absolute Gasteiger partial charge is 0.466 e. The lowest BCUT2D eigenvalue weighted by Crippen LogP contribution is -2.28. The number of carbonyl (C=O) groups excluding carboxylic acids is 2. The maximum Gasteiger partial charge on any atom is 0.306 e. The molecule has 0 aliphatic heterocycles. The molecule has 0 aliphatic carbocycles. The Balaban J connectivity index is 4.19. The number of carbonyl (C=O) groups is 2. The Morgan fingerprint density at radius 1 is 0.511 bits per heavy atom. The van der Waals surface area contributed by atoms with Gasteiger partial charge >= 0.3 is 11.9 Å². The van der Waals surface area contributed by atoms with Crippen molar-refractivity contribution in [2.45, 2.75) is 207 Å². The van der Waals surface area contributed by atoms with Crippen LogP contribution < -0.4 is 5.73 Å². The zero-order chi connectivity index (χ0) is 33.1. The predicted octanol–water partition coefficient (Wildman–Crippen LogP) is 10.7. The minimum absolute atomic E-state index is 0.00947. The summed E-state index contributed by atoms with van der Waals surface area (Å²) in [5, 5.41) is 0. The minimum Gasteiger partial charge on any atom is -0.466 e. The van der Waals surface area contributed by atoms with Crippen molar-refractivity contribution in [3.8, 4) is 0 Å². The molecule has 0 rings (SSSR count). The van der Waals surface area contributed by atoms with Crippen molar-refractivity contribution in [3.63, 3.8) is 0 Å². The Morgan fingerprint density at radius 2 is 0.933 bits per heavy atom. The van der Waals surface area contributed by atoms with Crippen molar-refractivity contribution in [2.75, 3.05) is 32.8 Å². The average Bonchev–Trinajstić information content (AvgIpc) is 3.04. The molecule has 0 atom stereocenters. The fraction of sp³-hybridized carbons (Fsp3) is 0.949. The Hall–Kier alpha value is -1.14. The molecule has 0 aromatic carbocycles. The van der Waals surface area contributed by atoms with Gasteiger partial charge in [0.2, 0.25) is 0 Å². The van der Waals surface area contributed by atoms with Gasteiger partial charge in [-0.1, -0.05) is 124 Å². The first-order valence-corrected chi connectivity index (χ1v) is 19.8. The lowest BCUT2D eigenvalue weighted by Gasteiger charge is -2.22. The van der Waals surface area contributed by atoms with Crippen molar-refractivity contribution in [1.82, 2.24) is 4.90 Å². The van der Waals surface area contributed by atoms with E-state index >= 15 is 0 Å². The second-order valence-electron chi connectivity index (χ2n) is 13.5. The van der Waals surface area contributed by atoms with E-state index in [0.29, 0.717) is 19.4 Å². The molecule has 0 radical (unpaired) electrons. The molecule has 0 spiro atoms. The van der Waals surface area contributed by atoms with Gasteiger partial charge in [-0.15, -0.1) is 0 Å². The van der Waals surface area contributed by atoms with E-state index in [2.05, 4.69) is 25.7 Å². The molecule has 6 heteroatoms. The van der Waals surface area contributed by atoms with Gasteiger partial charge in [0, 0.05) is 12.8 Å². The summed E-state index contributed by atoms with van der Waals surface area (Å²) in [5.74, 6) is -0.0220. The zero-order valence-electron chi connectivity index (χ0n) is 30.6. The maximum atomic E-state index is 12.8. The number of unbranched alkanes of at least 4 members (excludes halogenated alkanes) is 18. The lowest BCUT2D eigenvalue weighted by atomic mass is 10.0. The van der Waals surface area contributed by atoms with Crippen LogP contribution in [-0.4, -0.2) is 55.7 Å². The molecule has 0 unspecified atom stereocenters. The van der Waals surface area contributed by atoms with Gasteiger partial charge in [0.1, 0.15) is 6.10 Å². The molecule has 0 bridgehead atoms. The molecule has 6 nitrogen and oxygen atoms in total. The van der Waals surface area contributed by atoms with Gasteiger partial charge in [0.05, 0.1) is 6.61 Å². The molecule has 0 saturated carbocycles. The number of hydrogen-bond acceptors (Lipinski definition) is 6. The first kappa shape index (κ1) is 43.9. The van der Waals surface area contributed by atoms with Crippen molar-refractivity contribution >= 4 is 11.9 Å². The predicted molar refractivity (Wildman–Crippen MR) is 193 cm³/mol. The third kappa shape index (κ3) is 32.6. The van der Waals surface area contributed by atoms with Crippen molar-refractivity contribution < 1.29 is 19.1 Å². The second-order valence-corrected chi connectivity index (χ2v) is 13.5. The standard InChI is InChI=1S/C39H78N2O4/c1-4-7-10-12-16-20-28-37(29-21-17-13-11-8-5-2)45-39(43)31-23-25-34-41(35-27-32-40)33-24-19-15-14-18-22-30-38(42)44-36-26-9-6-3/h37H,4-36,40H2,1-3H3. The Bertz CT molecular complexity index is 614. The smallest absolute Gasteiger partial charge is 0.306 e. The van der Waals surface area contributed by atoms with Crippen LogP contribution >= 0.6 is 0 Å². The second kappa shape index (κ2) is 35.7. The summed E-state index contributed by atoms with van der Waals surface area (Å²) in [6.45, 7) is 11.2. The maximum absolute atomic E-state index is 12.8. The summed E-state index contributed by atoms with van der Waals surface area (Å²) in [5.41, 5.74) is 5.81. The summed E-state index contributed by atoms with van der Waals surface area (Å²) in [7, 11) is 0. The van der Waals surface area contributed by atoms with Crippen LogP contribution in [-0.2, 0) is 19.1 Å². The van der Waals surface area contributed by atoms with E-state index < -0.39 is 0 Å². The third-order valence-electron chi connectivity index (χ3n) is 8.96. The van der Waals surface area contributed by atoms with E-state index in [9.17, 15) is 9.59 Å². The van der Waals surface area contributed by atoms with Crippen molar-refractivity contribution in [2.24, 2.45) is 5.73 Å². The molecule has 45 heavy (non-hydrogen) atoms. The van der Waals surface area contributed by atoms with E-state index in [0.717, 1.165) is 90.4 Å². The fourth-order valence-corrected chi connectivity index (χ4v) is 5.99. The summed E-state index contributed by atoms with van der Waals surface area (Å²) >= 11 is 0. The van der Waals surface area contributed by atoms with Crippen LogP contribution in [0.3, 0.4) is 0 Å². The van der Waals surface area contributed by atoms with Gasteiger partial charge < -0.3 is 20.1 Å². The minimum atomic E-state index is -0.0314. The number of nitrogens with zero attached hydrogens (tertiary/aromatic N) is 1. The van der Waals surface area contributed by atoms with E-state index in [1.54, 1.807) is 0 Å². The molecule has 0 aromatic heterocycles. The van der Waals surface area contributed by atoms with E-state index in [1.807, 2.05) is 0 Å². The Labute approximate surface area is 280 Å². The monoisotopic (exact) mass is 639 g/mol. The van der Waals surface area contributed by atoms with Crippen LogP contribution in [0.2, 0.25) is 0 Å². The first-order valence-electron chi connectivity index (χ1n) is 19.8. The highest BCUT2D eigenvalue weighted by molar-refractivity contribution is 5.69. The Morgan fingerprint density at radius 3 is 1.51 bits per heavy atom. The molecule has 0 aromatic rings. The van der Waals surface area contributed by atoms with Crippen LogP contribution in [0.5, 0.6) is 0 Å². The fourth-order valence-electron chi connectivity index (χ4n) is 5.99. The molecule has 268 valence electrons. The number of ether oxygens (including phenoxy) is 2. The third-order valence-corrected chi connectivity index (χ3v) is 8.96. The van der Waals surface area contributed by atoms with E-state index in [4.69, 9.17) is 15.2 Å². The topological polar surface area (TPSA) is 81.9 Å². The normalized spacial score (nSPS) is 11.5. The van der Waals surface area contributed by atoms with Crippen LogP contribution in [0, 0.1) is 0 Å². The molecular weight excluding hydrogens is 560 g/mol. The average molecular weight is 639 g/mol. The molecule has 2 N–H and O–H groups in total. The summed E-state index contributed by atoms with van der Waals surface area (Å²) in [6.07, 6.45) is 31.8. The van der Waals surface area contributed by atoms with Gasteiger partial charge in [-0.05, 0) is 90.4 Å². The first-order chi connectivity index (χ1) is 22.1. The molecule has 0 saturated heterocycles. The highest BCUT2D eigenvalue weighted by Gasteiger charge is 2.15. The van der Waals surface area contributed by atoms with Crippen molar-refractivity contribution in [3.05, 3.63) is 0 Å². The molecule has 0 amide bonds. The van der Waals surface area contributed by atoms with Gasteiger partial charge in [-0.3, -0.25) is 9.59 Å². The van der Waals surface area contributed by atoms with Crippen LogP contribution in [0.4, 0.5) is 0 Å². The zero-order valence-corrected chi connectivity index (χ0v) is 30.6. The van der Waals surface area contributed by atoms with Gasteiger partial charge in [-0.25, -0.2) is 0 Å². The quantitative estimate of drug-likeness (QED) is 0.0543. The van der Waals surface area contributed by atoms with Gasteiger partial charge in [0.15, 0.2) is 0 Å². The highest BCUT2D eigenvalue weighted by atomic mass is 16.5. The molecule has 0 fully saturated rings. The molecule has 0 aliphatic rings. The molecular formula is C39H78N2O4. The van der Waals surface area contributed by atoms with Crippen LogP contribution in [0.25, 0.3) is 0 Å². The van der Waals surface area contributed by atoms with Gasteiger partial charge in [0.25, 0.3) is 0 Å². The highest BCUT2D eigenvalue weighted by Crippen LogP contribution is 2.18. The van der Waals surface area contributed by atoms with Crippen molar-refractivity contribution in [1.29, 1.82) is 0 Å². The summed E-state index contributed by atoms with van der Waals surface area (Å²) < 4.78 is 11.3. The number of hydrogen-bond donors (Lipinski definition) is 1. The van der Waals surface area contributed by atoms with Crippen LogP contribution in [0.1, 0.15) is 201 Å². The molecule has 0 heterocycles. The van der Waals surface area contributed by atoms with E-state index in [-0.39, 0.29) is 18.0 Å². The summed E-state index contributed by atoms with van der Waals surface area (Å²) in [4.78, 5) is 27.1. The van der Waals surface area contributed by atoms with E-state index in [1.165, 1.54) is 103 Å². The number of esters is 2. The van der Waals surface area contributed by atoms with Crippen LogP contribution in [0.15, 0.2) is 0 Å². The SMILES string of the molecule is CCCCCCCCC(CCCCCCCC)OC(=O)CCCCN(CCCN)CCCCCCCCC(=O)OCCCCC.